The van der Waals surface area contributed by atoms with Gasteiger partial charge in [-0.2, -0.15) is 0 Å². The van der Waals surface area contributed by atoms with Crippen LogP contribution in [0.3, 0.4) is 0 Å². The molecule has 1 spiro atoms. The largest absolute Gasteiger partial charge is 0.369 e. The maximum atomic E-state index is 11.3. The number of fused-ring (bicyclic) bond motifs is 2. The van der Waals surface area contributed by atoms with E-state index in [0.717, 1.165) is 45.6 Å². The van der Waals surface area contributed by atoms with Gasteiger partial charge in [-0.15, -0.1) is 0 Å². The Balaban J connectivity index is 1.17. The Morgan fingerprint density at radius 1 is 0.966 bits per heavy atom. The molecule has 1 aliphatic carbocycles. The first-order chi connectivity index (χ1) is 14.1. The van der Waals surface area contributed by atoms with E-state index in [-0.39, 0.29) is 11.5 Å². The summed E-state index contributed by atoms with van der Waals surface area (Å²) in [6.45, 7) is 5.00. The zero-order valence-corrected chi connectivity index (χ0v) is 16.8. The maximum Gasteiger partial charge on any atom is 0.248 e. The SMILES string of the molecule is NC(=O)c1ccc(N2CCN(C3CCC4(CC3)OCc3ccccc34)CC2)cc1. The number of hydrogen-bond donors (Lipinski definition) is 1. The molecule has 2 aromatic rings. The predicted molar refractivity (Wildman–Crippen MR) is 114 cm³/mol. The summed E-state index contributed by atoms with van der Waals surface area (Å²) in [5.41, 5.74) is 9.87. The van der Waals surface area contributed by atoms with Crippen LogP contribution in [0.1, 0.15) is 47.2 Å². The number of nitrogens with two attached hydrogens (primary N) is 1. The highest BCUT2D eigenvalue weighted by Crippen LogP contribution is 2.47. The zero-order valence-electron chi connectivity index (χ0n) is 16.8. The summed E-state index contributed by atoms with van der Waals surface area (Å²) >= 11 is 0. The van der Waals surface area contributed by atoms with Crippen LogP contribution in [0.25, 0.3) is 0 Å². The topological polar surface area (TPSA) is 58.8 Å². The number of anilines is 1. The first-order valence-corrected chi connectivity index (χ1v) is 10.8. The zero-order chi connectivity index (χ0) is 19.8. The fraction of sp³-hybridized carbons (Fsp3) is 0.458. The summed E-state index contributed by atoms with van der Waals surface area (Å²) in [6.07, 6.45) is 4.68. The first kappa shape index (κ1) is 18.6. The van der Waals surface area contributed by atoms with Gasteiger partial charge in [-0.05, 0) is 61.1 Å². The third-order valence-corrected chi connectivity index (χ3v) is 7.12. The molecule has 0 radical (unpaired) electrons. The van der Waals surface area contributed by atoms with Gasteiger partial charge in [0.2, 0.25) is 5.91 Å². The molecule has 1 saturated heterocycles. The lowest BCUT2D eigenvalue weighted by atomic mass is 9.77. The maximum absolute atomic E-state index is 11.3. The van der Waals surface area contributed by atoms with Crippen LogP contribution in [0, 0.1) is 0 Å². The van der Waals surface area contributed by atoms with Gasteiger partial charge in [-0.25, -0.2) is 0 Å². The van der Waals surface area contributed by atoms with Gasteiger partial charge >= 0.3 is 0 Å². The minimum absolute atomic E-state index is 0.0307. The molecule has 5 rings (SSSR count). The van der Waals surface area contributed by atoms with Crippen molar-refractivity contribution < 1.29 is 9.53 Å². The molecule has 0 atom stereocenters. The molecule has 29 heavy (non-hydrogen) atoms. The van der Waals surface area contributed by atoms with E-state index < -0.39 is 0 Å². The van der Waals surface area contributed by atoms with E-state index in [1.54, 1.807) is 0 Å². The minimum atomic E-state index is -0.370. The molecular formula is C24H29N3O2. The van der Waals surface area contributed by atoms with E-state index >= 15 is 0 Å². The molecule has 0 bridgehead atoms. The Morgan fingerprint density at radius 2 is 1.66 bits per heavy atom. The minimum Gasteiger partial charge on any atom is -0.369 e. The Hall–Kier alpha value is -2.37. The normalized spacial score (nSPS) is 27.2. The summed E-state index contributed by atoms with van der Waals surface area (Å²) in [6, 6.07) is 17.1. The molecule has 5 heteroatoms. The van der Waals surface area contributed by atoms with Crippen molar-refractivity contribution in [3.63, 3.8) is 0 Å². The van der Waals surface area contributed by atoms with Gasteiger partial charge in [0.15, 0.2) is 0 Å². The molecule has 3 aliphatic rings. The van der Waals surface area contributed by atoms with E-state index in [2.05, 4.69) is 34.1 Å². The number of nitrogens with zero attached hydrogens (tertiary/aromatic N) is 2. The molecule has 0 unspecified atom stereocenters. The highest BCUT2D eigenvalue weighted by molar-refractivity contribution is 5.93. The predicted octanol–water partition coefficient (Wildman–Crippen LogP) is 3.28. The molecular weight excluding hydrogens is 362 g/mol. The van der Waals surface area contributed by atoms with Gasteiger partial charge in [0, 0.05) is 43.5 Å². The Morgan fingerprint density at radius 3 is 2.34 bits per heavy atom. The molecule has 152 valence electrons. The van der Waals surface area contributed by atoms with Crippen molar-refractivity contribution in [2.24, 2.45) is 5.73 Å². The van der Waals surface area contributed by atoms with Crippen LogP contribution in [-0.2, 0) is 16.9 Å². The van der Waals surface area contributed by atoms with Crippen LogP contribution in [0.5, 0.6) is 0 Å². The second-order valence-electron chi connectivity index (χ2n) is 8.61. The van der Waals surface area contributed by atoms with Crippen LogP contribution in [0.15, 0.2) is 48.5 Å². The summed E-state index contributed by atoms with van der Waals surface area (Å²) in [5.74, 6) is -0.370. The molecule has 2 aliphatic heterocycles. The summed E-state index contributed by atoms with van der Waals surface area (Å²) in [5, 5.41) is 0. The van der Waals surface area contributed by atoms with E-state index in [4.69, 9.17) is 10.5 Å². The molecule has 1 saturated carbocycles. The second kappa shape index (κ2) is 7.47. The van der Waals surface area contributed by atoms with Crippen molar-refractivity contribution in [1.82, 2.24) is 4.90 Å². The molecule has 2 aromatic carbocycles. The lowest BCUT2D eigenvalue weighted by molar-refractivity contribution is -0.0777. The number of benzene rings is 2. The quantitative estimate of drug-likeness (QED) is 0.872. The van der Waals surface area contributed by atoms with Crippen molar-refractivity contribution in [3.8, 4) is 0 Å². The highest BCUT2D eigenvalue weighted by Gasteiger charge is 2.43. The van der Waals surface area contributed by atoms with Crippen LogP contribution in [0.2, 0.25) is 0 Å². The standard InChI is InChI=1S/C24H29N3O2/c25-23(28)18-5-7-20(8-6-18)26-13-15-27(16-14-26)21-9-11-24(12-10-21)22-4-2-1-3-19(22)17-29-24/h1-8,21H,9-17H2,(H2,25,28). The van der Waals surface area contributed by atoms with E-state index in [1.165, 1.54) is 29.7 Å². The number of rotatable bonds is 3. The molecule has 5 nitrogen and oxygen atoms in total. The summed E-state index contributed by atoms with van der Waals surface area (Å²) < 4.78 is 6.33. The summed E-state index contributed by atoms with van der Waals surface area (Å²) in [4.78, 5) is 16.3. The van der Waals surface area contributed by atoms with Crippen molar-refractivity contribution in [1.29, 1.82) is 0 Å². The number of hydrogen-bond acceptors (Lipinski definition) is 4. The highest BCUT2D eigenvalue weighted by atomic mass is 16.5. The van der Waals surface area contributed by atoms with Crippen LogP contribution in [-0.4, -0.2) is 43.0 Å². The van der Waals surface area contributed by atoms with Gasteiger partial charge < -0.3 is 15.4 Å². The van der Waals surface area contributed by atoms with Gasteiger partial charge in [0.1, 0.15) is 0 Å². The van der Waals surface area contributed by atoms with Crippen molar-refractivity contribution in [2.45, 2.75) is 43.9 Å². The molecule has 1 amide bonds. The Kier molecular flexibility index (Phi) is 4.80. The number of carbonyl (C=O) groups excluding carboxylic acids is 1. The lowest BCUT2D eigenvalue weighted by Gasteiger charge is -2.45. The van der Waals surface area contributed by atoms with Crippen molar-refractivity contribution >= 4 is 11.6 Å². The number of ether oxygens (including phenoxy) is 1. The fourth-order valence-corrected chi connectivity index (χ4v) is 5.41. The smallest absolute Gasteiger partial charge is 0.248 e. The average Bonchev–Trinajstić information content (AvgIpc) is 3.13. The third kappa shape index (κ3) is 3.43. The van der Waals surface area contributed by atoms with Gasteiger partial charge in [-0.3, -0.25) is 9.69 Å². The third-order valence-electron chi connectivity index (χ3n) is 7.12. The second-order valence-corrected chi connectivity index (χ2v) is 8.61. The number of carbonyl (C=O) groups is 1. The van der Waals surface area contributed by atoms with Gasteiger partial charge in [0.25, 0.3) is 0 Å². The Labute approximate surface area is 172 Å². The van der Waals surface area contributed by atoms with Crippen molar-refractivity contribution in [2.75, 3.05) is 31.1 Å². The van der Waals surface area contributed by atoms with E-state index in [1.807, 2.05) is 24.3 Å². The molecule has 2 N–H and O–H groups in total. The van der Waals surface area contributed by atoms with Crippen molar-refractivity contribution in [3.05, 3.63) is 65.2 Å². The lowest BCUT2D eigenvalue weighted by Crippen LogP contribution is -2.52. The van der Waals surface area contributed by atoms with E-state index in [9.17, 15) is 4.79 Å². The van der Waals surface area contributed by atoms with Crippen LogP contribution < -0.4 is 10.6 Å². The van der Waals surface area contributed by atoms with Gasteiger partial charge in [-0.1, -0.05) is 24.3 Å². The van der Waals surface area contributed by atoms with E-state index in [0.29, 0.717) is 11.6 Å². The number of amides is 1. The number of primary amides is 1. The molecule has 2 fully saturated rings. The van der Waals surface area contributed by atoms with Gasteiger partial charge in [0.05, 0.1) is 12.2 Å². The molecule has 0 aromatic heterocycles. The van der Waals surface area contributed by atoms with Crippen LogP contribution in [0.4, 0.5) is 5.69 Å². The summed E-state index contributed by atoms with van der Waals surface area (Å²) in [7, 11) is 0. The Bertz CT molecular complexity index is 879. The number of piperazine rings is 1. The average molecular weight is 392 g/mol. The molecule has 2 heterocycles. The van der Waals surface area contributed by atoms with Crippen LogP contribution >= 0.6 is 0 Å². The monoisotopic (exact) mass is 391 g/mol. The fourth-order valence-electron chi connectivity index (χ4n) is 5.41. The first-order valence-electron chi connectivity index (χ1n) is 10.8.